The minimum Gasteiger partial charge on any atom is -0.379 e. The molecule has 0 radical (unpaired) electrons. The Morgan fingerprint density at radius 3 is 2.75 bits per heavy atom. The fraction of sp³-hybridized carbons (Fsp3) is 0.750. The van der Waals surface area contributed by atoms with Crippen molar-refractivity contribution in [3.63, 3.8) is 0 Å². The van der Waals surface area contributed by atoms with Crippen molar-refractivity contribution in [2.75, 3.05) is 38.6 Å². The molecule has 154 valence electrons. The van der Waals surface area contributed by atoms with Gasteiger partial charge in [-0.05, 0) is 44.9 Å². The highest BCUT2D eigenvalue weighted by Crippen LogP contribution is 2.28. The van der Waals surface area contributed by atoms with Gasteiger partial charge < -0.3 is 10.1 Å². The number of ether oxygens (including phenoxy) is 1. The number of rotatable bonds is 8. The minimum absolute atomic E-state index is 0.0496. The molecule has 2 heterocycles. The monoisotopic (exact) mass is 406 g/mol. The van der Waals surface area contributed by atoms with E-state index in [0.717, 1.165) is 95.1 Å². The number of nitrogens with one attached hydrogen (secondary N) is 1. The maximum Gasteiger partial charge on any atom is 0.348 e. The Morgan fingerprint density at radius 1 is 1.18 bits per heavy atom. The molecule has 0 spiro atoms. The lowest BCUT2D eigenvalue weighted by atomic mass is 9.97. The summed E-state index contributed by atoms with van der Waals surface area (Å²) >= 11 is 1.42. The van der Waals surface area contributed by atoms with E-state index in [2.05, 4.69) is 15.2 Å². The Labute approximate surface area is 170 Å². The molecule has 2 fully saturated rings. The Balaban J connectivity index is 1.41. The number of carbonyl (C=O) groups is 1. The van der Waals surface area contributed by atoms with Crippen LogP contribution in [0, 0.1) is 0 Å². The van der Waals surface area contributed by atoms with Gasteiger partial charge in [-0.15, -0.1) is 0 Å². The number of nitrogens with zero attached hydrogens (tertiary/aromatic N) is 3. The van der Waals surface area contributed by atoms with Crippen molar-refractivity contribution in [3.8, 4) is 0 Å². The van der Waals surface area contributed by atoms with Crippen LogP contribution >= 0.6 is 11.8 Å². The normalized spacial score (nSPS) is 20.0. The van der Waals surface area contributed by atoms with Crippen LogP contribution in [-0.4, -0.2) is 65.0 Å². The van der Waals surface area contributed by atoms with E-state index in [1.807, 2.05) is 4.57 Å². The number of morpholine rings is 1. The molecule has 1 aliphatic heterocycles. The average Bonchev–Trinajstić information content (AvgIpc) is 3.53. The van der Waals surface area contributed by atoms with Gasteiger partial charge in [0.15, 0.2) is 0 Å². The Hall–Kier alpha value is -1.38. The van der Waals surface area contributed by atoms with Gasteiger partial charge in [0.25, 0.3) is 0 Å². The van der Waals surface area contributed by atoms with E-state index in [0.29, 0.717) is 11.8 Å². The molecule has 0 aromatic carbocycles. The van der Waals surface area contributed by atoms with Crippen molar-refractivity contribution >= 4 is 17.7 Å². The molecule has 0 unspecified atom stereocenters. The third-order valence-electron chi connectivity index (χ3n) is 5.69. The number of hydrogen-bond donors (Lipinski definition) is 1. The van der Waals surface area contributed by atoms with Crippen molar-refractivity contribution in [3.05, 3.63) is 21.7 Å². The van der Waals surface area contributed by atoms with Gasteiger partial charge in [-0.25, -0.2) is 4.79 Å². The Kier molecular flexibility index (Phi) is 6.69. The maximum atomic E-state index is 12.7. The first-order valence-electron chi connectivity index (χ1n) is 10.6. The molecule has 1 saturated carbocycles. The van der Waals surface area contributed by atoms with Gasteiger partial charge in [0, 0.05) is 43.5 Å². The van der Waals surface area contributed by atoms with E-state index in [-0.39, 0.29) is 11.6 Å². The fourth-order valence-electron chi connectivity index (χ4n) is 4.01. The molecule has 4 rings (SSSR count). The summed E-state index contributed by atoms with van der Waals surface area (Å²) in [7, 11) is 0. The van der Waals surface area contributed by atoms with Crippen LogP contribution in [0.2, 0.25) is 0 Å². The van der Waals surface area contributed by atoms with Crippen LogP contribution in [0.15, 0.2) is 9.82 Å². The van der Waals surface area contributed by atoms with E-state index in [9.17, 15) is 9.59 Å². The van der Waals surface area contributed by atoms with E-state index >= 15 is 0 Å². The molecule has 1 N–H and O–H groups in total. The van der Waals surface area contributed by atoms with Gasteiger partial charge in [0.05, 0.1) is 19.0 Å². The van der Waals surface area contributed by atoms with Gasteiger partial charge in [-0.1, -0.05) is 11.8 Å². The highest BCUT2D eigenvalue weighted by Gasteiger charge is 2.24. The standard InChI is InChI=1S/C20H30N4O3S/c25-18(21-15-6-7-15)14-28-19-16-4-1-2-5-17(16)24(20(26)22-19)9-3-8-23-10-12-27-13-11-23/h15H,1-14H2,(H,21,25). The highest BCUT2D eigenvalue weighted by atomic mass is 32.2. The summed E-state index contributed by atoms with van der Waals surface area (Å²) in [6.07, 6.45) is 7.26. The molecule has 1 aromatic heterocycles. The first-order chi connectivity index (χ1) is 13.7. The number of carbonyl (C=O) groups excluding carboxylic acids is 1. The van der Waals surface area contributed by atoms with Gasteiger partial charge in [0.1, 0.15) is 5.03 Å². The summed E-state index contributed by atoms with van der Waals surface area (Å²) in [5.41, 5.74) is 2.19. The van der Waals surface area contributed by atoms with Crippen LogP contribution in [0.4, 0.5) is 0 Å². The number of thioether (sulfide) groups is 1. The summed E-state index contributed by atoms with van der Waals surface area (Å²) in [6.45, 7) is 5.27. The summed E-state index contributed by atoms with van der Waals surface area (Å²) in [6, 6.07) is 0.370. The molecular formula is C20H30N4O3S. The summed E-state index contributed by atoms with van der Waals surface area (Å²) in [5, 5.41) is 3.78. The predicted octanol–water partition coefficient (Wildman–Crippen LogP) is 1.22. The Bertz CT molecular complexity index is 757. The second-order valence-corrected chi connectivity index (χ2v) is 8.89. The van der Waals surface area contributed by atoms with E-state index in [1.165, 1.54) is 17.3 Å². The van der Waals surface area contributed by atoms with Crippen LogP contribution < -0.4 is 11.0 Å². The van der Waals surface area contributed by atoms with Gasteiger partial charge in [-0.3, -0.25) is 14.3 Å². The highest BCUT2D eigenvalue weighted by molar-refractivity contribution is 7.99. The van der Waals surface area contributed by atoms with Gasteiger partial charge >= 0.3 is 5.69 Å². The first-order valence-corrected chi connectivity index (χ1v) is 11.5. The number of fused-ring (bicyclic) bond motifs is 1. The van der Waals surface area contributed by atoms with E-state index in [1.54, 1.807) is 0 Å². The van der Waals surface area contributed by atoms with Crippen molar-refractivity contribution in [1.29, 1.82) is 0 Å². The van der Waals surface area contributed by atoms with Crippen molar-refractivity contribution < 1.29 is 9.53 Å². The van der Waals surface area contributed by atoms with Crippen molar-refractivity contribution in [1.82, 2.24) is 19.8 Å². The molecule has 0 bridgehead atoms. The fourth-order valence-corrected chi connectivity index (χ4v) is 4.89. The summed E-state index contributed by atoms with van der Waals surface area (Å²) in [5.74, 6) is 0.393. The number of aromatic nitrogens is 2. The first kappa shape index (κ1) is 19.9. The van der Waals surface area contributed by atoms with Crippen molar-refractivity contribution in [2.45, 2.75) is 62.6 Å². The topological polar surface area (TPSA) is 76.5 Å². The SMILES string of the molecule is O=C(CSc1nc(=O)n(CCCN2CCOCC2)c2c1CCCC2)NC1CC1. The van der Waals surface area contributed by atoms with Crippen molar-refractivity contribution in [2.24, 2.45) is 0 Å². The zero-order valence-corrected chi connectivity index (χ0v) is 17.3. The second kappa shape index (κ2) is 9.41. The summed E-state index contributed by atoms with van der Waals surface area (Å²) < 4.78 is 7.29. The Morgan fingerprint density at radius 2 is 1.96 bits per heavy atom. The number of hydrogen-bond acceptors (Lipinski definition) is 6. The maximum absolute atomic E-state index is 12.7. The molecule has 8 heteroatoms. The molecule has 0 atom stereocenters. The molecule has 1 saturated heterocycles. The lowest BCUT2D eigenvalue weighted by Gasteiger charge is -2.27. The second-order valence-electron chi connectivity index (χ2n) is 7.92. The van der Waals surface area contributed by atoms with Crippen LogP contribution in [-0.2, 0) is 28.9 Å². The van der Waals surface area contributed by atoms with E-state index < -0.39 is 0 Å². The van der Waals surface area contributed by atoms with Crippen LogP contribution in [0.5, 0.6) is 0 Å². The molecular weight excluding hydrogens is 376 g/mol. The molecule has 2 aliphatic carbocycles. The third kappa shape index (κ3) is 5.15. The average molecular weight is 407 g/mol. The largest absolute Gasteiger partial charge is 0.379 e. The van der Waals surface area contributed by atoms with Crippen LogP contribution in [0.1, 0.15) is 43.4 Å². The van der Waals surface area contributed by atoms with Crippen LogP contribution in [0.3, 0.4) is 0 Å². The zero-order chi connectivity index (χ0) is 19.3. The lowest BCUT2D eigenvalue weighted by molar-refractivity contribution is -0.118. The molecule has 1 amide bonds. The van der Waals surface area contributed by atoms with Crippen LogP contribution in [0.25, 0.3) is 0 Å². The summed E-state index contributed by atoms with van der Waals surface area (Å²) in [4.78, 5) is 31.5. The smallest absolute Gasteiger partial charge is 0.348 e. The quantitative estimate of drug-likeness (QED) is 0.517. The predicted molar refractivity (Wildman–Crippen MR) is 109 cm³/mol. The number of amides is 1. The zero-order valence-electron chi connectivity index (χ0n) is 16.5. The minimum atomic E-state index is -0.160. The molecule has 7 nitrogen and oxygen atoms in total. The van der Waals surface area contributed by atoms with Gasteiger partial charge in [0.2, 0.25) is 5.91 Å². The molecule has 1 aromatic rings. The third-order valence-corrected chi connectivity index (χ3v) is 6.71. The van der Waals surface area contributed by atoms with E-state index in [4.69, 9.17) is 4.74 Å². The lowest BCUT2D eigenvalue weighted by Crippen LogP contribution is -2.38. The molecule has 28 heavy (non-hydrogen) atoms. The molecule has 3 aliphatic rings. The van der Waals surface area contributed by atoms with Gasteiger partial charge in [-0.2, -0.15) is 4.98 Å².